The molecule has 2 aromatic rings. The number of rotatable bonds is 7. The van der Waals surface area contributed by atoms with E-state index in [4.69, 9.17) is 0 Å². The summed E-state index contributed by atoms with van der Waals surface area (Å²) in [6, 6.07) is 13.3. The van der Waals surface area contributed by atoms with Gasteiger partial charge < -0.3 is 10.2 Å². The number of hydrogen-bond acceptors (Lipinski definition) is 4. The fraction of sp³-hybridized carbons (Fsp3) is 0.316. The van der Waals surface area contributed by atoms with Crippen molar-refractivity contribution in [3.8, 4) is 0 Å². The third-order valence-electron chi connectivity index (χ3n) is 4.53. The lowest BCUT2D eigenvalue weighted by atomic mass is 10.1. The summed E-state index contributed by atoms with van der Waals surface area (Å²) in [6.07, 6.45) is 2.28. The van der Waals surface area contributed by atoms with Crippen LogP contribution in [0.25, 0.3) is 0 Å². The van der Waals surface area contributed by atoms with Gasteiger partial charge in [0.25, 0.3) is 0 Å². The number of halogens is 1. The zero-order valence-electron chi connectivity index (χ0n) is 14.2. The number of para-hydroxylation sites is 1. The van der Waals surface area contributed by atoms with Crippen molar-refractivity contribution >= 4 is 17.3 Å². The average molecular weight is 357 g/mol. The number of nitro groups is 1. The summed E-state index contributed by atoms with van der Waals surface area (Å²) in [7, 11) is 0. The molecule has 0 aromatic heterocycles. The Kier molecular flexibility index (Phi) is 5.46. The average Bonchev–Trinajstić information content (AvgIpc) is 2.96. The van der Waals surface area contributed by atoms with Gasteiger partial charge in [0, 0.05) is 13.1 Å². The molecule has 1 atom stereocenters. The molecule has 0 bridgehead atoms. The van der Waals surface area contributed by atoms with Crippen molar-refractivity contribution in [3.05, 3.63) is 70.0 Å². The van der Waals surface area contributed by atoms with E-state index in [0.29, 0.717) is 19.5 Å². The first-order valence-electron chi connectivity index (χ1n) is 8.58. The summed E-state index contributed by atoms with van der Waals surface area (Å²) >= 11 is 0. The molecule has 0 spiro atoms. The van der Waals surface area contributed by atoms with Gasteiger partial charge in [-0.1, -0.05) is 36.4 Å². The highest BCUT2D eigenvalue weighted by atomic mass is 19.1. The van der Waals surface area contributed by atoms with Gasteiger partial charge in [0.05, 0.1) is 4.92 Å². The van der Waals surface area contributed by atoms with Crippen molar-refractivity contribution in [3.63, 3.8) is 0 Å². The highest BCUT2D eigenvalue weighted by Crippen LogP contribution is 2.29. The third kappa shape index (κ3) is 3.99. The molecule has 136 valence electrons. The van der Waals surface area contributed by atoms with Crippen LogP contribution in [0, 0.1) is 15.9 Å². The summed E-state index contributed by atoms with van der Waals surface area (Å²) in [6.45, 7) is 1.23. The number of amides is 1. The number of carbonyl (C=O) groups is 1. The number of carbonyl (C=O) groups excluding carboxylic acids is 1. The van der Waals surface area contributed by atoms with Crippen molar-refractivity contribution in [2.24, 2.45) is 0 Å². The quantitative estimate of drug-likeness (QED) is 0.609. The summed E-state index contributed by atoms with van der Waals surface area (Å²) in [4.78, 5) is 24.6. The van der Waals surface area contributed by atoms with E-state index in [0.717, 1.165) is 18.9 Å². The van der Waals surface area contributed by atoms with E-state index in [-0.39, 0.29) is 11.6 Å². The molecule has 1 N–H and O–H groups in total. The normalized spacial score (nSPS) is 16.7. The molecular weight excluding hydrogens is 337 g/mol. The maximum absolute atomic E-state index is 13.7. The molecule has 1 unspecified atom stereocenters. The topological polar surface area (TPSA) is 75.5 Å². The SMILES string of the molecule is O=C1C(Nc2cccc(F)c2[N+](=O)[O-])CCN1CCCc1ccccc1. The van der Waals surface area contributed by atoms with Crippen LogP contribution in [-0.2, 0) is 11.2 Å². The molecule has 1 heterocycles. The van der Waals surface area contributed by atoms with Gasteiger partial charge in [-0.3, -0.25) is 14.9 Å². The van der Waals surface area contributed by atoms with Gasteiger partial charge in [0.15, 0.2) is 0 Å². The molecule has 0 radical (unpaired) electrons. The largest absolute Gasteiger partial charge is 0.368 e. The van der Waals surface area contributed by atoms with E-state index in [9.17, 15) is 19.3 Å². The van der Waals surface area contributed by atoms with E-state index in [1.165, 1.54) is 17.7 Å². The molecule has 2 aromatic carbocycles. The Bertz CT molecular complexity index is 798. The predicted octanol–water partition coefficient (Wildman–Crippen LogP) is 3.38. The van der Waals surface area contributed by atoms with Crippen LogP contribution < -0.4 is 5.32 Å². The van der Waals surface area contributed by atoms with Crippen LogP contribution in [-0.4, -0.2) is 34.9 Å². The van der Waals surface area contributed by atoms with Crippen LogP contribution in [0.15, 0.2) is 48.5 Å². The number of nitrogens with zero attached hydrogens (tertiary/aromatic N) is 2. The number of nitro benzene ring substituents is 1. The van der Waals surface area contributed by atoms with Gasteiger partial charge in [0.1, 0.15) is 11.7 Å². The summed E-state index contributed by atoms with van der Waals surface area (Å²) in [5.41, 5.74) is 0.645. The van der Waals surface area contributed by atoms with Crippen LogP contribution in [0.5, 0.6) is 0 Å². The van der Waals surface area contributed by atoms with Crippen molar-refractivity contribution < 1.29 is 14.1 Å². The van der Waals surface area contributed by atoms with Crippen molar-refractivity contribution in [2.45, 2.75) is 25.3 Å². The molecule has 0 aliphatic carbocycles. The number of aryl methyl sites for hydroxylation is 1. The van der Waals surface area contributed by atoms with Gasteiger partial charge in [-0.05, 0) is 37.0 Å². The molecule has 26 heavy (non-hydrogen) atoms. The fourth-order valence-electron chi connectivity index (χ4n) is 3.22. The summed E-state index contributed by atoms with van der Waals surface area (Å²) in [5.74, 6) is -1.01. The van der Waals surface area contributed by atoms with Gasteiger partial charge in [-0.2, -0.15) is 4.39 Å². The van der Waals surface area contributed by atoms with Crippen LogP contribution in [0.2, 0.25) is 0 Å². The maximum Gasteiger partial charge on any atom is 0.327 e. The first-order chi connectivity index (χ1) is 12.6. The molecule has 0 saturated carbocycles. The highest BCUT2D eigenvalue weighted by Gasteiger charge is 2.33. The summed E-state index contributed by atoms with van der Waals surface area (Å²) in [5, 5.41) is 13.9. The molecule has 1 aliphatic heterocycles. The minimum atomic E-state index is -0.912. The Morgan fingerprint density at radius 1 is 1.19 bits per heavy atom. The lowest BCUT2D eigenvalue weighted by molar-refractivity contribution is -0.386. The second-order valence-electron chi connectivity index (χ2n) is 6.29. The monoisotopic (exact) mass is 357 g/mol. The number of likely N-dealkylation sites (tertiary alicyclic amines) is 1. The fourth-order valence-corrected chi connectivity index (χ4v) is 3.22. The van der Waals surface area contributed by atoms with Gasteiger partial charge in [-0.15, -0.1) is 0 Å². The molecule has 6 nitrogen and oxygen atoms in total. The van der Waals surface area contributed by atoms with E-state index < -0.39 is 22.5 Å². The maximum atomic E-state index is 13.7. The Morgan fingerprint density at radius 3 is 2.69 bits per heavy atom. The lowest BCUT2D eigenvalue weighted by Crippen LogP contribution is -2.34. The van der Waals surface area contributed by atoms with E-state index in [2.05, 4.69) is 17.4 Å². The van der Waals surface area contributed by atoms with Gasteiger partial charge in [0.2, 0.25) is 11.7 Å². The molecule has 1 amide bonds. The molecular formula is C19H20FN3O3. The van der Waals surface area contributed by atoms with Crippen molar-refractivity contribution in [2.75, 3.05) is 18.4 Å². The molecule has 3 rings (SSSR count). The Labute approximate surface area is 150 Å². The third-order valence-corrected chi connectivity index (χ3v) is 4.53. The van der Waals surface area contributed by atoms with E-state index >= 15 is 0 Å². The lowest BCUT2D eigenvalue weighted by Gasteiger charge is -2.17. The zero-order valence-corrected chi connectivity index (χ0v) is 14.2. The van der Waals surface area contributed by atoms with E-state index in [1.807, 2.05) is 18.2 Å². The Balaban J connectivity index is 1.58. The Morgan fingerprint density at radius 2 is 1.96 bits per heavy atom. The first-order valence-corrected chi connectivity index (χ1v) is 8.58. The number of hydrogen-bond donors (Lipinski definition) is 1. The second-order valence-corrected chi connectivity index (χ2v) is 6.29. The minimum Gasteiger partial charge on any atom is -0.368 e. The van der Waals surface area contributed by atoms with Crippen LogP contribution in [0.3, 0.4) is 0 Å². The minimum absolute atomic E-state index is 0.0412. The van der Waals surface area contributed by atoms with Crippen molar-refractivity contribution in [1.29, 1.82) is 0 Å². The molecule has 1 fully saturated rings. The standard InChI is InChI=1S/C19H20FN3O3/c20-15-9-4-10-16(18(15)23(25)26)21-17-11-13-22(19(17)24)12-5-8-14-6-2-1-3-7-14/h1-4,6-7,9-10,17,21H,5,8,11-13H2. The molecule has 7 heteroatoms. The summed E-state index contributed by atoms with van der Waals surface area (Å²) < 4.78 is 13.7. The molecule has 1 saturated heterocycles. The number of anilines is 1. The molecule has 1 aliphatic rings. The smallest absolute Gasteiger partial charge is 0.327 e. The number of nitrogens with one attached hydrogen (secondary N) is 1. The van der Waals surface area contributed by atoms with Crippen LogP contribution in [0.1, 0.15) is 18.4 Å². The highest BCUT2D eigenvalue weighted by molar-refractivity contribution is 5.87. The van der Waals surface area contributed by atoms with E-state index in [1.54, 1.807) is 4.90 Å². The van der Waals surface area contributed by atoms with Crippen LogP contribution >= 0.6 is 0 Å². The first kappa shape index (κ1) is 17.8. The second kappa shape index (κ2) is 7.95. The Hall–Kier alpha value is -2.96. The van der Waals surface area contributed by atoms with Crippen LogP contribution in [0.4, 0.5) is 15.8 Å². The van der Waals surface area contributed by atoms with Gasteiger partial charge >= 0.3 is 5.69 Å². The zero-order chi connectivity index (χ0) is 18.5. The van der Waals surface area contributed by atoms with Gasteiger partial charge in [-0.25, -0.2) is 0 Å². The number of benzene rings is 2. The predicted molar refractivity (Wildman–Crippen MR) is 96.4 cm³/mol. The van der Waals surface area contributed by atoms with Crippen molar-refractivity contribution in [1.82, 2.24) is 4.90 Å².